The highest BCUT2D eigenvalue weighted by Gasteiger charge is 2.40. The maximum Gasteiger partial charge on any atom is 0.211 e. The van der Waals surface area contributed by atoms with E-state index < -0.39 is 21.5 Å². The number of hydrogen-bond acceptors (Lipinski definition) is 4. The minimum absolute atomic E-state index is 0.206. The maximum absolute atomic E-state index is 11.7. The summed E-state index contributed by atoms with van der Waals surface area (Å²) in [5.74, 6) is 0.206. The number of piperidine rings is 1. The van der Waals surface area contributed by atoms with Gasteiger partial charge in [-0.2, -0.15) is 5.10 Å². The maximum atomic E-state index is 11.7. The molecule has 0 saturated carbocycles. The van der Waals surface area contributed by atoms with Crippen molar-refractivity contribution < 1.29 is 13.5 Å². The predicted molar refractivity (Wildman–Crippen MR) is 99.0 cm³/mol. The largest absolute Gasteiger partial charge is 0.388 e. The summed E-state index contributed by atoms with van der Waals surface area (Å²) in [4.78, 5) is 0. The van der Waals surface area contributed by atoms with Crippen LogP contribution in [0, 0.1) is 11.3 Å². The topological polar surface area (TPSA) is 86.3 Å². The van der Waals surface area contributed by atoms with Crippen LogP contribution in [-0.4, -0.2) is 47.4 Å². The van der Waals surface area contributed by atoms with Crippen molar-refractivity contribution in [1.29, 1.82) is 0 Å². The van der Waals surface area contributed by atoms with Crippen LogP contribution in [0.25, 0.3) is 10.9 Å². The van der Waals surface area contributed by atoms with Gasteiger partial charge in [0.1, 0.15) is 0 Å². The molecule has 6 nitrogen and oxygen atoms in total. The van der Waals surface area contributed by atoms with E-state index in [-0.39, 0.29) is 5.92 Å². The Morgan fingerprint density at radius 2 is 2.00 bits per heavy atom. The molecule has 1 aromatic carbocycles. The number of aliphatic hydroxyl groups excluding tert-OH is 1. The van der Waals surface area contributed by atoms with Crippen molar-refractivity contribution in [2.45, 2.75) is 32.8 Å². The van der Waals surface area contributed by atoms with Crippen LogP contribution in [0.15, 0.2) is 18.3 Å². The van der Waals surface area contributed by atoms with Crippen molar-refractivity contribution in [3.8, 4) is 0 Å². The number of nitrogens with zero attached hydrogens (tertiary/aromatic N) is 2. The van der Waals surface area contributed by atoms with Gasteiger partial charge in [0.2, 0.25) is 10.0 Å². The summed E-state index contributed by atoms with van der Waals surface area (Å²) in [5, 5.41) is 19.5. The highest BCUT2D eigenvalue weighted by atomic mass is 35.5. The van der Waals surface area contributed by atoms with Crippen LogP contribution in [0.3, 0.4) is 0 Å². The van der Waals surface area contributed by atoms with Crippen molar-refractivity contribution in [1.82, 2.24) is 14.5 Å². The molecule has 1 atom stereocenters. The molecule has 0 bridgehead atoms. The van der Waals surface area contributed by atoms with Crippen LogP contribution < -0.4 is 0 Å². The Morgan fingerprint density at radius 3 is 2.60 bits per heavy atom. The van der Waals surface area contributed by atoms with Crippen molar-refractivity contribution >= 4 is 32.5 Å². The fourth-order valence-electron chi connectivity index (χ4n) is 3.82. The van der Waals surface area contributed by atoms with E-state index in [9.17, 15) is 13.5 Å². The summed E-state index contributed by atoms with van der Waals surface area (Å²) < 4.78 is 24.9. The van der Waals surface area contributed by atoms with E-state index in [1.165, 1.54) is 10.6 Å². The highest BCUT2D eigenvalue weighted by Crippen LogP contribution is 2.46. The molecule has 1 aliphatic heterocycles. The van der Waals surface area contributed by atoms with Crippen molar-refractivity contribution in [2.24, 2.45) is 11.3 Å². The number of fused-ring (bicyclic) bond motifs is 1. The average molecular weight is 386 g/mol. The number of sulfonamides is 1. The van der Waals surface area contributed by atoms with E-state index in [1.54, 1.807) is 12.3 Å². The minimum atomic E-state index is -3.15. The van der Waals surface area contributed by atoms with Gasteiger partial charge in [-0.3, -0.25) is 5.10 Å². The molecule has 2 N–H and O–H groups in total. The van der Waals surface area contributed by atoms with Gasteiger partial charge in [0.25, 0.3) is 0 Å². The second-order valence-electron chi connectivity index (χ2n) is 7.49. The number of nitrogens with one attached hydrogen (secondary N) is 1. The van der Waals surface area contributed by atoms with Gasteiger partial charge in [0.15, 0.2) is 0 Å². The molecule has 1 unspecified atom stereocenters. The molecule has 0 amide bonds. The van der Waals surface area contributed by atoms with Crippen LogP contribution >= 0.6 is 11.6 Å². The Kier molecular flexibility index (Phi) is 4.87. The molecule has 25 heavy (non-hydrogen) atoms. The van der Waals surface area contributed by atoms with Crippen LogP contribution in [-0.2, 0) is 10.0 Å². The second kappa shape index (κ2) is 6.54. The summed E-state index contributed by atoms with van der Waals surface area (Å²) in [6, 6.07) is 3.59. The fourth-order valence-corrected chi connectivity index (χ4v) is 4.93. The number of aliphatic hydroxyl groups is 1. The third-order valence-corrected chi connectivity index (χ3v) is 7.04. The lowest BCUT2D eigenvalue weighted by molar-refractivity contribution is -0.0112. The minimum Gasteiger partial charge on any atom is -0.388 e. The van der Waals surface area contributed by atoms with Gasteiger partial charge in [-0.1, -0.05) is 25.4 Å². The first-order valence-electron chi connectivity index (χ1n) is 8.36. The molecule has 0 aliphatic carbocycles. The third kappa shape index (κ3) is 3.56. The second-order valence-corrected chi connectivity index (χ2v) is 9.91. The lowest BCUT2D eigenvalue weighted by Crippen LogP contribution is -2.43. The number of halogens is 1. The highest BCUT2D eigenvalue weighted by molar-refractivity contribution is 7.88. The summed E-state index contributed by atoms with van der Waals surface area (Å²) in [6.45, 7) is 5.05. The van der Waals surface area contributed by atoms with Crippen molar-refractivity contribution in [3.05, 3.63) is 28.9 Å². The Labute approximate surface area is 153 Å². The van der Waals surface area contributed by atoms with Gasteiger partial charge in [-0.05, 0) is 36.3 Å². The lowest BCUT2D eigenvalue weighted by atomic mass is 9.68. The van der Waals surface area contributed by atoms with Gasteiger partial charge in [-0.25, -0.2) is 12.7 Å². The summed E-state index contributed by atoms with van der Waals surface area (Å²) >= 11 is 6.20. The monoisotopic (exact) mass is 385 g/mol. The van der Waals surface area contributed by atoms with Gasteiger partial charge in [-0.15, -0.1) is 0 Å². The first-order chi connectivity index (χ1) is 11.6. The standard InChI is InChI=1S/C17H24ClN3O3S/c1-17(2,12-4-6-21(7-5-12)25(3,23)24)16(22)14-9-13(18)8-11-10-19-20-15(11)14/h8-10,12,16,22H,4-7H2,1-3H3,(H,19,20). The molecule has 0 radical (unpaired) electrons. The molecule has 8 heteroatoms. The van der Waals surface area contributed by atoms with Gasteiger partial charge in [0, 0.05) is 29.1 Å². The molecule has 1 aromatic heterocycles. The van der Waals surface area contributed by atoms with Gasteiger partial charge < -0.3 is 5.11 Å². The number of rotatable bonds is 4. The van der Waals surface area contributed by atoms with E-state index in [0.29, 0.717) is 18.1 Å². The van der Waals surface area contributed by atoms with Crippen LogP contribution in [0.2, 0.25) is 5.02 Å². The molecule has 3 rings (SSSR count). The first-order valence-corrected chi connectivity index (χ1v) is 10.6. The van der Waals surface area contributed by atoms with Crippen molar-refractivity contribution in [2.75, 3.05) is 19.3 Å². The van der Waals surface area contributed by atoms with E-state index in [1.807, 2.05) is 19.9 Å². The molecule has 2 heterocycles. The van der Waals surface area contributed by atoms with Gasteiger partial charge in [0.05, 0.1) is 24.1 Å². The Bertz CT molecular complexity index is 870. The molecule has 2 aromatic rings. The Hall–Kier alpha value is -1.15. The fraction of sp³-hybridized carbons (Fsp3) is 0.588. The van der Waals surface area contributed by atoms with Gasteiger partial charge >= 0.3 is 0 Å². The summed E-state index contributed by atoms with van der Waals surface area (Å²) in [7, 11) is -3.15. The van der Waals surface area contributed by atoms with E-state index in [2.05, 4.69) is 10.2 Å². The summed E-state index contributed by atoms with van der Waals surface area (Å²) in [5.41, 5.74) is 1.10. The number of aromatic nitrogens is 2. The average Bonchev–Trinajstić information content (AvgIpc) is 3.00. The van der Waals surface area contributed by atoms with Crippen LogP contribution in [0.4, 0.5) is 0 Å². The smallest absolute Gasteiger partial charge is 0.211 e. The first kappa shape index (κ1) is 18.6. The summed E-state index contributed by atoms with van der Waals surface area (Å²) in [6.07, 6.45) is 3.65. The van der Waals surface area contributed by atoms with E-state index in [0.717, 1.165) is 29.3 Å². The molecular weight excluding hydrogens is 362 g/mol. The Balaban J connectivity index is 1.85. The Morgan fingerprint density at radius 1 is 1.36 bits per heavy atom. The SMILES string of the molecule is CC(C)(C1CCN(S(C)(=O)=O)CC1)C(O)c1cc(Cl)cc2cn[nH]c12. The van der Waals surface area contributed by atoms with Crippen LogP contribution in [0.5, 0.6) is 0 Å². The number of aromatic amines is 1. The molecule has 138 valence electrons. The lowest BCUT2D eigenvalue weighted by Gasteiger charge is -2.42. The quantitative estimate of drug-likeness (QED) is 0.847. The number of benzene rings is 1. The zero-order valence-corrected chi connectivity index (χ0v) is 16.2. The normalized spacial score (nSPS) is 19.4. The molecular formula is C17H24ClN3O3S. The number of hydrogen-bond donors (Lipinski definition) is 2. The molecule has 0 spiro atoms. The predicted octanol–water partition coefficient (Wildman–Crippen LogP) is 2.95. The molecule has 1 aliphatic rings. The zero-order valence-electron chi connectivity index (χ0n) is 14.7. The van der Waals surface area contributed by atoms with E-state index >= 15 is 0 Å². The molecule has 1 fully saturated rings. The van der Waals surface area contributed by atoms with Crippen molar-refractivity contribution in [3.63, 3.8) is 0 Å². The number of H-pyrrole nitrogens is 1. The van der Waals surface area contributed by atoms with Crippen LogP contribution in [0.1, 0.15) is 38.4 Å². The molecule has 1 saturated heterocycles. The van der Waals surface area contributed by atoms with E-state index in [4.69, 9.17) is 11.6 Å². The zero-order chi connectivity index (χ0) is 18.4. The third-order valence-electron chi connectivity index (χ3n) is 5.52.